The van der Waals surface area contributed by atoms with Crippen molar-refractivity contribution in [1.82, 2.24) is 10.2 Å². The molecule has 3 heterocycles. The number of carbonyl (C=O) groups is 1. The maximum Gasteiger partial charge on any atom is 0.277 e. The smallest absolute Gasteiger partial charge is 0.277 e. The lowest BCUT2D eigenvalue weighted by molar-refractivity contribution is 0.0988. The van der Waals surface area contributed by atoms with Crippen LogP contribution in [-0.4, -0.2) is 22.9 Å². The van der Waals surface area contributed by atoms with Crippen LogP contribution in [0.2, 0.25) is 0 Å². The van der Waals surface area contributed by atoms with E-state index in [0.717, 1.165) is 22.3 Å². The van der Waals surface area contributed by atoms with Gasteiger partial charge < -0.3 is 9.47 Å². The van der Waals surface area contributed by atoms with E-state index in [1.807, 2.05) is 49.4 Å². The van der Waals surface area contributed by atoms with Gasteiger partial charge in [0.25, 0.3) is 5.91 Å². The molecule has 32 heavy (non-hydrogen) atoms. The van der Waals surface area contributed by atoms with Crippen molar-refractivity contribution in [1.29, 1.82) is 0 Å². The second kappa shape index (κ2) is 6.95. The predicted octanol–water partition coefficient (Wildman–Crippen LogP) is 5.00. The Hall–Kier alpha value is -4.13. The zero-order valence-electron chi connectivity index (χ0n) is 17.1. The first kappa shape index (κ1) is 18.6. The molecule has 1 atom stereocenters. The Morgan fingerprint density at radius 1 is 1.00 bits per heavy atom. The first-order valence-electron chi connectivity index (χ1n) is 10.2. The molecular formula is C25H18FN3O3. The van der Waals surface area contributed by atoms with Gasteiger partial charge in [-0.3, -0.25) is 14.8 Å². The second-order valence-electron chi connectivity index (χ2n) is 7.89. The predicted molar refractivity (Wildman–Crippen MR) is 116 cm³/mol. The van der Waals surface area contributed by atoms with Crippen molar-refractivity contribution >= 4 is 11.6 Å². The highest BCUT2D eigenvalue weighted by atomic mass is 19.1. The van der Waals surface area contributed by atoms with Gasteiger partial charge in [0.15, 0.2) is 11.5 Å². The van der Waals surface area contributed by atoms with Crippen LogP contribution in [0.25, 0.3) is 11.3 Å². The standard InChI is InChI=1S/C25H18FN3O3/c1-14-2-4-15(5-3-14)22-21-23(28-27-22)25(30)29(18-9-7-17(26)8-10-18)24(21)16-6-11-19-20(12-16)32-13-31-19/h2-12,24H,13H2,1H3,(H,27,28)/t24-/m1/s1. The number of amides is 1. The van der Waals surface area contributed by atoms with Gasteiger partial charge in [-0.15, -0.1) is 0 Å². The fourth-order valence-electron chi connectivity index (χ4n) is 4.35. The molecule has 0 spiro atoms. The molecule has 6 rings (SSSR count). The minimum absolute atomic E-state index is 0.162. The molecule has 0 radical (unpaired) electrons. The van der Waals surface area contributed by atoms with Gasteiger partial charge in [-0.1, -0.05) is 35.9 Å². The zero-order chi connectivity index (χ0) is 21.8. The molecule has 158 valence electrons. The van der Waals surface area contributed by atoms with Gasteiger partial charge >= 0.3 is 0 Å². The number of nitrogens with one attached hydrogen (secondary N) is 1. The molecule has 1 amide bonds. The molecule has 0 unspecified atom stereocenters. The van der Waals surface area contributed by atoms with Crippen LogP contribution in [0.15, 0.2) is 66.7 Å². The van der Waals surface area contributed by atoms with E-state index in [2.05, 4.69) is 10.2 Å². The number of H-pyrrole nitrogens is 1. The summed E-state index contributed by atoms with van der Waals surface area (Å²) in [6, 6.07) is 19.1. The average molecular weight is 427 g/mol. The lowest BCUT2D eigenvalue weighted by atomic mass is 9.95. The summed E-state index contributed by atoms with van der Waals surface area (Å²) in [5.74, 6) is 0.709. The third-order valence-corrected chi connectivity index (χ3v) is 5.91. The number of anilines is 1. The van der Waals surface area contributed by atoms with Crippen LogP contribution < -0.4 is 14.4 Å². The number of aryl methyl sites for hydroxylation is 1. The lowest BCUT2D eigenvalue weighted by Crippen LogP contribution is -2.29. The van der Waals surface area contributed by atoms with Crippen molar-refractivity contribution in [3.8, 4) is 22.8 Å². The number of ether oxygens (including phenoxy) is 2. The minimum atomic E-state index is -0.465. The summed E-state index contributed by atoms with van der Waals surface area (Å²) in [6.07, 6.45) is 0. The molecule has 4 aromatic rings. The van der Waals surface area contributed by atoms with E-state index in [9.17, 15) is 9.18 Å². The summed E-state index contributed by atoms with van der Waals surface area (Å²) in [5.41, 5.74) is 5.40. The average Bonchev–Trinajstić information content (AvgIpc) is 3.50. The summed E-state index contributed by atoms with van der Waals surface area (Å²) < 4.78 is 24.7. The Morgan fingerprint density at radius 3 is 2.53 bits per heavy atom. The normalized spacial score (nSPS) is 16.5. The molecule has 7 heteroatoms. The molecule has 0 aliphatic carbocycles. The zero-order valence-corrected chi connectivity index (χ0v) is 17.1. The maximum absolute atomic E-state index is 13.6. The number of aromatic nitrogens is 2. The molecule has 0 fully saturated rings. The lowest BCUT2D eigenvalue weighted by Gasteiger charge is -2.26. The highest BCUT2D eigenvalue weighted by molar-refractivity contribution is 6.11. The number of benzene rings is 3. The second-order valence-corrected chi connectivity index (χ2v) is 7.89. The van der Waals surface area contributed by atoms with Crippen molar-refractivity contribution < 1.29 is 18.7 Å². The number of aromatic amines is 1. The third-order valence-electron chi connectivity index (χ3n) is 5.91. The summed E-state index contributed by atoms with van der Waals surface area (Å²) in [4.78, 5) is 15.2. The Kier molecular flexibility index (Phi) is 4.04. The van der Waals surface area contributed by atoms with Crippen LogP contribution in [0.1, 0.15) is 33.2 Å². The molecular weight excluding hydrogens is 409 g/mol. The van der Waals surface area contributed by atoms with Gasteiger partial charge in [0.1, 0.15) is 11.5 Å². The molecule has 0 saturated carbocycles. The molecule has 2 aliphatic rings. The number of rotatable bonds is 3. The van der Waals surface area contributed by atoms with Crippen LogP contribution in [0.5, 0.6) is 11.5 Å². The van der Waals surface area contributed by atoms with Crippen molar-refractivity contribution in [2.75, 3.05) is 11.7 Å². The van der Waals surface area contributed by atoms with Crippen LogP contribution in [0.4, 0.5) is 10.1 Å². The molecule has 1 N–H and O–H groups in total. The van der Waals surface area contributed by atoms with Crippen LogP contribution >= 0.6 is 0 Å². The van der Waals surface area contributed by atoms with E-state index in [1.165, 1.54) is 12.1 Å². The first-order valence-corrected chi connectivity index (χ1v) is 10.2. The van der Waals surface area contributed by atoms with Gasteiger partial charge in [-0.25, -0.2) is 4.39 Å². The van der Waals surface area contributed by atoms with Gasteiger partial charge in [-0.05, 0) is 48.9 Å². The summed E-state index contributed by atoms with van der Waals surface area (Å²) >= 11 is 0. The number of fused-ring (bicyclic) bond motifs is 2. The monoisotopic (exact) mass is 427 g/mol. The highest BCUT2D eigenvalue weighted by Crippen LogP contribution is 2.47. The molecule has 6 nitrogen and oxygen atoms in total. The molecule has 1 aromatic heterocycles. The van der Waals surface area contributed by atoms with Gasteiger partial charge in [0.05, 0.1) is 11.7 Å². The summed E-state index contributed by atoms with van der Waals surface area (Å²) in [7, 11) is 0. The first-order chi connectivity index (χ1) is 15.6. The van der Waals surface area contributed by atoms with Crippen LogP contribution in [-0.2, 0) is 0 Å². The topological polar surface area (TPSA) is 67.5 Å². The maximum atomic E-state index is 13.6. The molecule has 0 bridgehead atoms. The van der Waals surface area contributed by atoms with E-state index in [0.29, 0.717) is 28.6 Å². The number of carbonyl (C=O) groups excluding carboxylic acids is 1. The van der Waals surface area contributed by atoms with Crippen molar-refractivity contribution in [3.63, 3.8) is 0 Å². The number of nitrogens with zero attached hydrogens (tertiary/aromatic N) is 2. The van der Waals surface area contributed by atoms with E-state index in [1.54, 1.807) is 17.0 Å². The number of hydrogen-bond acceptors (Lipinski definition) is 4. The molecule has 3 aromatic carbocycles. The quantitative estimate of drug-likeness (QED) is 0.500. The molecule has 0 saturated heterocycles. The fraction of sp³-hybridized carbons (Fsp3) is 0.120. The Bertz CT molecular complexity index is 1350. The van der Waals surface area contributed by atoms with Crippen molar-refractivity contribution in [2.24, 2.45) is 0 Å². The fourth-order valence-corrected chi connectivity index (χ4v) is 4.35. The highest BCUT2D eigenvalue weighted by Gasteiger charge is 2.43. The van der Waals surface area contributed by atoms with E-state index < -0.39 is 6.04 Å². The van der Waals surface area contributed by atoms with Crippen molar-refractivity contribution in [3.05, 3.63) is 94.9 Å². The third kappa shape index (κ3) is 2.78. The largest absolute Gasteiger partial charge is 0.454 e. The van der Waals surface area contributed by atoms with Crippen LogP contribution in [0, 0.1) is 12.7 Å². The van der Waals surface area contributed by atoms with E-state index in [4.69, 9.17) is 9.47 Å². The van der Waals surface area contributed by atoms with Gasteiger partial charge in [-0.2, -0.15) is 5.10 Å². The van der Waals surface area contributed by atoms with E-state index >= 15 is 0 Å². The van der Waals surface area contributed by atoms with Crippen LogP contribution in [0.3, 0.4) is 0 Å². The van der Waals surface area contributed by atoms with E-state index in [-0.39, 0.29) is 18.5 Å². The van der Waals surface area contributed by atoms with Gasteiger partial charge in [0.2, 0.25) is 6.79 Å². The summed E-state index contributed by atoms with van der Waals surface area (Å²) in [6.45, 7) is 2.18. The van der Waals surface area contributed by atoms with Crippen molar-refractivity contribution in [2.45, 2.75) is 13.0 Å². The SMILES string of the molecule is Cc1ccc(-c2n[nH]c3c2[C@@H](c2ccc4c(c2)OCO4)N(c2ccc(F)cc2)C3=O)cc1. The van der Waals surface area contributed by atoms with Gasteiger partial charge in [0, 0.05) is 16.8 Å². The Balaban J connectivity index is 1.55. The summed E-state index contributed by atoms with van der Waals surface area (Å²) in [5, 5.41) is 7.43. The molecule has 2 aliphatic heterocycles. The minimum Gasteiger partial charge on any atom is -0.454 e. The Labute approximate surface area is 183 Å². The number of halogens is 1. The Morgan fingerprint density at radius 2 is 1.75 bits per heavy atom. The number of hydrogen-bond donors (Lipinski definition) is 1.